The molecule has 1 aliphatic rings. The number of hydrogen-bond donors (Lipinski definition) is 1. The molecular formula is C12H15N3. The van der Waals surface area contributed by atoms with Crippen LogP contribution in [0.25, 0.3) is 11.0 Å². The first-order valence-electron chi connectivity index (χ1n) is 5.58. The van der Waals surface area contributed by atoms with E-state index in [9.17, 15) is 0 Å². The van der Waals surface area contributed by atoms with Crippen LogP contribution in [-0.4, -0.2) is 34.5 Å². The first kappa shape index (κ1) is 8.92. The topological polar surface area (TPSA) is 31.9 Å². The number of H-pyrrole nitrogens is 1. The molecule has 1 fully saturated rings. The van der Waals surface area contributed by atoms with E-state index >= 15 is 0 Å². The Kier molecular flexibility index (Phi) is 2.18. The van der Waals surface area contributed by atoms with Crippen molar-refractivity contribution in [3.63, 3.8) is 0 Å². The van der Waals surface area contributed by atoms with Crippen LogP contribution in [0.3, 0.4) is 0 Å². The summed E-state index contributed by atoms with van der Waals surface area (Å²) in [5.74, 6) is 1.11. The van der Waals surface area contributed by atoms with Crippen molar-refractivity contribution in [1.82, 2.24) is 14.9 Å². The van der Waals surface area contributed by atoms with Gasteiger partial charge in [-0.3, -0.25) is 0 Å². The molecule has 3 rings (SSSR count). The number of para-hydroxylation sites is 2. The number of rotatable bonds is 3. The number of hydrogen-bond acceptors (Lipinski definition) is 2. The first-order valence-corrected chi connectivity index (χ1v) is 5.58. The minimum atomic E-state index is 1.04. The van der Waals surface area contributed by atoms with Gasteiger partial charge < -0.3 is 9.88 Å². The molecule has 1 aliphatic heterocycles. The Hall–Kier alpha value is -1.35. The molecule has 2 heterocycles. The van der Waals surface area contributed by atoms with Crippen LogP contribution in [0.1, 0.15) is 12.2 Å². The lowest BCUT2D eigenvalue weighted by Gasteiger charge is -2.30. The molecule has 1 aromatic carbocycles. The predicted octanol–water partition coefficient (Wildman–Crippen LogP) is 1.81. The van der Waals surface area contributed by atoms with Crippen molar-refractivity contribution in [3.05, 3.63) is 30.1 Å². The third-order valence-corrected chi connectivity index (χ3v) is 3.05. The maximum absolute atomic E-state index is 4.56. The van der Waals surface area contributed by atoms with Crippen LogP contribution in [0.2, 0.25) is 0 Å². The van der Waals surface area contributed by atoms with Gasteiger partial charge in [0.2, 0.25) is 0 Å². The van der Waals surface area contributed by atoms with Crippen LogP contribution >= 0.6 is 0 Å². The summed E-state index contributed by atoms with van der Waals surface area (Å²) in [7, 11) is 0. The lowest BCUT2D eigenvalue weighted by Crippen LogP contribution is -2.38. The zero-order valence-corrected chi connectivity index (χ0v) is 8.74. The number of likely N-dealkylation sites (tertiary alicyclic amines) is 1. The van der Waals surface area contributed by atoms with Gasteiger partial charge in [-0.05, 0) is 31.6 Å². The molecule has 15 heavy (non-hydrogen) atoms. The Morgan fingerprint density at radius 1 is 1.27 bits per heavy atom. The molecule has 0 bridgehead atoms. The van der Waals surface area contributed by atoms with Crippen molar-refractivity contribution in [2.24, 2.45) is 0 Å². The smallest absolute Gasteiger partial charge is 0.108 e. The Morgan fingerprint density at radius 2 is 2.13 bits per heavy atom. The van der Waals surface area contributed by atoms with E-state index in [1.807, 2.05) is 12.1 Å². The highest BCUT2D eigenvalue weighted by molar-refractivity contribution is 5.74. The summed E-state index contributed by atoms with van der Waals surface area (Å²) in [4.78, 5) is 10.4. The van der Waals surface area contributed by atoms with E-state index in [0.29, 0.717) is 0 Å². The second-order valence-electron chi connectivity index (χ2n) is 4.15. The molecule has 3 nitrogen and oxygen atoms in total. The van der Waals surface area contributed by atoms with Crippen LogP contribution in [0.15, 0.2) is 24.3 Å². The van der Waals surface area contributed by atoms with Crippen molar-refractivity contribution in [2.75, 3.05) is 19.6 Å². The SMILES string of the molecule is c1ccc2[nH]c(CCN3CCC3)nc2c1. The predicted molar refractivity (Wildman–Crippen MR) is 60.9 cm³/mol. The number of nitrogens with one attached hydrogen (secondary N) is 1. The molecule has 0 radical (unpaired) electrons. The monoisotopic (exact) mass is 201 g/mol. The lowest BCUT2D eigenvalue weighted by atomic mass is 10.2. The van der Waals surface area contributed by atoms with E-state index in [-0.39, 0.29) is 0 Å². The van der Waals surface area contributed by atoms with E-state index in [2.05, 4.69) is 27.0 Å². The highest BCUT2D eigenvalue weighted by Gasteiger charge is 2.13. The molecule has 1 aromatic heterocycles. The van der Waals surface area contributed by atoms with Gasteiger partial charge in [0.15, 0.2) is 0 Å². The maximum atomic E-state index is 4.56. The van der Waals surface area contributed by atoms with Crippen LogP contribution in [0.5, 0.6) is 0 Å². The highest BCUT2D eigenvalue weighted by atomic mass is 15.2. The molecule has 0 spiro atoms. The average Bonchev–Trinajstić information content (AvgIpc) is 2.57. The van der Waals surface area contributed by atoms with E-state index < -0.39 is 0 Å². The summed E-state index contributed by atoms with van der Waals surface area (Å²) >= 11 is 0. The fourth-order valence-corrected chi connectivity index (χ4v) is 1.99. The average molecular weight is 201 g/mol. The zero-order chi connectivity index (χ0) is 10.1. The number of imidazole rings is 1. The molecule has 1 saturated heterocycles. The minimum Gasteiger partial charge on any atom is -0.342 e. The fraction of sp³-hybridized carbons (Fsp3) is 0.417. The van der Waals surface area contributed by atoms with Gasteiger partial charge in [0, 0.05) is 13.0 Å². The van der Waals surface area contributed by atoms with Gasteiger partial charge in [-0.15, -0.1) is 0 Å². The summed E-state index contributed by atoms with van der Waals surface area (Å²) < 4.78 is 0. The van der Waals surface area contributed by atoms with Gasteiger partial charge in [0.25, 0.3) is 0 Å². The van der Waals surface area contributed by atoms with Crippen molar-refractivity contribution in [1.29, 1.82) is 0 Å². The van der Waals surface area contributed by atoms with Gasteiger partial charge in [-0.25, -0.2) is 4.98 Å². The quantitative estimate of drug-likeness (QED) is 0.821. The summed E-state index contributed by atoms with van der Waals surface area (Å²) in [5.41, 5.74) is 2.23. The van der Waals surface area contributed by atoms with Gasteiger partial charge in [-0.2, -0.15) is 0 Å². The van der Waals surface area contributed by atoms with Crippen molar-refractivity contribution >= 4 is 11.0 Å². The van der Waals surface area contributed by atoms with Crippen molar-refractivity contribution < 1.29 is 0 Å². The first-order chi connectivity index (χ1) is 7.42. The molecule has 0 saturated carbocycles. The molecular weight excluding hydrogens is 186 g/mol. The second kappa shape index (κ2) is 3.66. The third kappa shape index (κ3) is 1.75. The number of aromatic nitrogens is 2. The Morgan fingerprint density at radius 3 is 2.87 bits per heavy atom. The summed E-state index contributed by atoms with van der Waals surface area (Å²) in [6, 6.07) is 8.20. The number of benzene rings is 1. The zero-order valence-electron chi connectivity index (χ0n) is 8.74. The summed E-state index contributed by atoms with van der Waals surface area (Å²) in [6.45, 7) is 3.67. The molecule has 78 valence electrons. The van der Waals surface area contributed by atoms with Gasteiger partial charge >= 0.3 is 0 Å². The molecule has 1 N–H and O–H groups in total. The molecule has 0 aliphatic carbocycles. The number of fused-ring (bicyclic) bond motifs is 1. The van der Waals surface area contributed by atoms with Crippen LogP contribution in [0.4, 0.5) is 0 Å². The van der Waals surface area contributed by atoms with Gasteiger partial charge in [-0.1, -0.05) is 12.1 Å². The summed E-state index contributed by atoms with van der Waals surface area (Å²) in [5, 5.41) is 0. The summed E-state index contributed by atoms with van der Waals surface area (Å²) in [6.07, 6.45) is 2.40. The Labute approximate surface area is 89.1 Å². The molecule has 0 amide bonds. The van der Waals surface area contributed by atoms with E-state index in [1.165, 1.54) is 19.5 Å². The largest absolute Gasteiger partial charge is 0.342 e. The van der Waals surface area contributed by atoms with Crippen LogP contribution < -0.4 is 0 Å². The molecule has 3 heteroatoms. The standard InChI is InChI=1S/C12H15N3/c1-2-5-11-10(4-1)13-12(14-11)6-9-15-7-3-8-15/h1-2,4-5H,3,6-9H2,(H,13,14). The Bertz CT molecular complexity index is 424. The number of nitrogens with zero attached hydrogens (tertiary/aromatic N) is 2. The highest BCUT2D eigenvalue weighted by Crippen LogP contribution is 2.12. The van der Waals surface area contributed by atoms with E-state index in [0.717, 1.165) is 29.8 Å². The number of aromatic amines is 1. The minimum absolute atomic E-state index is 1.04. The third-order valence-electron chi connectivity index (χ3n) is 3.05. The van der Waals surface area contributed by atoms with E-state index in [4.69, 9.17) is 0 Å². The van der Waals surface area contributed by atoms with E-state index in [1.54, 1.807) is 0 Å². The maximum Gasteiger partial charge on any atom is 0.108 e. The molecule has 2 aromatic rings. The second-order valence-corrected chi connectivity index (χ2v) is 4.15. The molecule has 0 unspecified atom stereocenters. The van der Waals surface area contributed by atoms with Crippen LogP contribution in [0, 0.1) is 0 Å². The van der Waals surface area contributed by atoms with Gasteiger partial charge in [0.1, 0.15) is 5.82 Å². The van der Waals surface area contributed by atoms with Crippen molar-refractivity contribution in [2.45, 2.75) is 12.8 Å². The fourth-order valence-electron chi connectivity index (χ4n) is 1.99. The van der Waals surface area contributed by atoms with Crippen molar-refractivity contribution in [3.8, 4) is 0 Å². The van der Waals surface area contributed by atoms with Crippen LogP contribution in [-0.2, 0) is 6.42 Å². The molecule has 0 atom stereocenters. The lowest BCUT2D eigenvalue weighted by molar-refractivity contribution is 0.183. The normalized spacial score (nSPS) is 16.8. The van der Waals surface area contributed by atoms with Gasteiger partial charge in [0.05, 0.1) is 11.0 Å². The Balaban J connectivity index is 1.73.